The van der Waals surface area contributed by atoms with Crippen molar-refractivity contribution in [3.8, 4) is 11.5 Å². The molecule has 2 fully saturated rings. The summed E-state index contributed by atoms with van der Waals surface area (Å²) in [5, 5.41) is 6.05. The molecule has 0 aliphatic carbocycles. The summed E-state index contributed by atoms with van der Waals surface area (Å²) in [6.45, 7) is 3.48. The molecule has 9 nitrogen and oxygen atoms in total. The lowest BCUT2D eigenvalue weighted by molar-refractivity contribution is -0.139. The van der Waals surface area contributed by atoms with Crippen LogP contribution in [0.4, 0.5) is 4.79 Å². The number of carbonyl (C=O) groups is 3. The van der Waals surface area contributed by atoms with E-state index in [1.54, 1.807) is 12.1 Å². The van der Waals surface area contributed by atoms with E-state index in [4.69, 9.17) is 9.47 Å². The maximum atomic E-state index is 13.2. The van der Waals surface area contributed by atoms with E-state index in [1.807, 2.05) is 13.0 Å². The summed E-state index contributed by atoms with van der Waals surface area (Å²) < 4.78 is 10.7. The van der Waals surface area contributed by atoms with E-state index in [1.165, 1.54) is 9.80 Å². The van der Waals surface area contributed by atoms with Crippen LogP contribution in [0.5, 0.6) is 11.5 Å². The smallest absolute Gasteiger partial charge is 0.327 e. The summed E-state index contributed by atoms with van der Waals surface area (Å²) in [7, 11) is 0. The third-order valence-electron chi connectivity index (χ3n) is 5.50. The molecule has 0 bridgehead atoms. The van der Waals surface area contributed by atoms with Crippen LogP contribution in [-0.4, -0.2) is 66.2 Å². The van der Waals surface area contributed by atoms with Gasteiger partial charge in [0.05, 0.1) is 12.6 Å². The molecule has 4 amide bonds. The number of rotatable bonds is 6. The van der Waals surface area contributed by atoms with Gasteiger partial charge >= 0.3 is 6.03 Å². The quantitative estimate of drug-likeness (QED) is 0.731. The summed E-state index contributed by atoms with van der Waals surface area (Å²) in [6.07, 6.45) is 2.38. The highest BCUT2D eigenvalue weighted by Crippen LogP contribution is 2.33. The van der Waals surface area contributed by atoms with Gasteiger partial charge in [-0.3, -0.25) is 14.5 Å². The Morgan fingerprint density at radius 1 is 1.28 bits per heavy atom. The minimum Gasteiger partial charge on any atom is -0.454 e. The van der Waals surface area contributed by atoms with Crippen LogP contribution >= 0.6 is 0 Å². The molecule has 1 aromatic rings. The Morgan fingerprint density at radius 3 is 2.93 bits per heavy atom. The average Bonchev–Trinajstić information content (AvgIpc) is 3.20. The molecular weight excluding hydrogens is 376 g/mol. The van der Waals surface area contributed by atoms with Crippen molar-refractivity contribution in [2.75, 3.05) is 26.4 Å². The Labute approximate surface area is 169 Å². The second-order valence-electron chi connectivity index (χ2n) is 7.51. The zero-order valence-electron chi connectivity index (χ0n) is 16.5. The van der Waals surface area contributed by atoms with Crippen LogP contribution in [0.1, 0.15) is 31.7 Å². The third-order valence-corrected chi connectivity index (χ3v) is 5.50. The number of fused-ring (bicyclic) bond motifs is 2. The first kappa shape index (κ1) is 19.5. The van der Waals surface area contributed by atoms with Crippen molar-refractivity contribution in [1.29, 1.82) is 0 Å². The van der Waals surface area contributed by atoms with Gasteiger partial charge in [-0.25, -0.2) is 4.79 Å². The van der Waals surface area contributed by atoms with Gasteiger partial charge in [0, 0.05) is 6.54 Å². The first-order valence-corrected chi connectivity index (χ1v) is 10.1. The van der Waals surface area contributed by atoms with Crippen LogP contribution < -0.4 is 20.1 Å². The number of imide groups is 1. The highest BCUT2D eigenvalue weighted by atomic mass is 16.7. The Bertz CT molecular complexity index is 814. The minimum atomic E-state index is -0.491. The summed E-state index contributed by atoms with van der Waals surface area (Å²) >= 11 is 0. The minimum absolute atomic E-state index is 0.0490. The van der Waals surface area contributed by atoms with Gasteiger partial charge in [0.25, 0.3) is 0 Å². The summed E-state index contributed by atoms with van der Waals surface area (Å²) in [5.41, 5.74) is 0.764. The number of urea groups is 1. The standard InChI is InChI=1S/C20H26N4O5/c1-2-7-21-17(25)11-23-14-4-3-8-22-18(14)19(26)24(20(23)27)10-13-5-6-15-16(9-13)29-12-28-15/h5-6,9,14,18,22H,2-4,7-8,10-12H2,1H3,(H,21,25). The molecule has 3 aliphatic rings. The zero-order chi connectivity index (χ0) is 20.4. The van der Waals surface area contributed by atoms with Crippen molar-refractivity contribution in [1.82, 2.24) is 20.4 Å². The molecule has 2 N–H and O–H groups in total. The second kappa shape index (κ2) is 8.28. The number of piperidine rings is 1. The first-order chi connectivity index (χ1) is 14.1. The van der Waals surface area contributed by atoms with E-state index in [-0.39, 0.29) is 37.7 Å². The Kier molecular flexibility index (Phi) is 5.57. The fourth-order valence-electron chi connectivity index (χ4n) is 4.05. The largest absolute Gasteiger partial charge is 0.454 e. The summed E-state index contributed by atoms with van der Waals surface area (Å²) in [6, 6.07) is 4.14. The van der Waals surface area contributed by atoms with E-state index in [0.717, 1.165) is 24.9 Å². The highest BCUT2D eigenvalue weighted by molar-refractivity contribution is 6.01. The number of amides is 4. The van der Waals surface area contributed by atoms with Crippen LogP contribution in [0.2, 0.25) is 0 Å². The molecular formula is C20H26N4O5. The molecule has 1 aromatic carbocycles. The fourth-order valence-corrected chi connectivity index (χ4v) is 4.05. The summed E-state index contributed by atoms with van der Waals surface area (Å²) in [4.78, 5) is 41.3. The van der Waals surface area contributed by atoms with Gasteiger partial charge in [-0.15, -0.1) is 0 Å². The number of nitrogens with one attached hydrogen (secondary N) is 2. The molecule has 2 saturated heterocycles. The van der Waals surface area contributed by atoms with Gasteiger partial charge in [0.15, 0.2) is 11.5 Å². The maximum absolute atomic E-state index is 13.2. The van der Waals surface area contributed by atoms with Gasteiger partial charge in [0.2, 0.25) is 18.6 Å². The van der Waals surface area contributed by atoms with Crippen LogP contribution in [0.3, 0.4) is 0 Å². The van der Waals surface area contributed by atoms with E-state index in [2.05, 4.69) is 10.6 Å². The number of ether oxygens (including phenoxy) is 2. The number of hydrogen-bond acceptors (Lipinski definition) is 6. The molecule has 0 spiro atoms. The van der Waals surface area contributed by atoms with Crippen molar-refractivity contribution >= 4 is 17.8 Å². The highest BCUT2D eigenvalue weighted by Gasteiger charge is 2.47. The topological polar surface area (TPSA) is 100 Å². The third kappa shape index (κ3) is 3.87. The van der Waals surface area contributed by atoms with Crippen molar-refractivity contribution in [2.45, 2.75) is 44.8 Å². The van der Waals surface area contributed by atoms with Gasteiger partial charge in [0.1, 0.15) is 12.6 Å². The van der Waals surface area contributed by atoms with Gasteiger partial charge in [-0.05, 0) is 43.5 Å². The molecule has 2 unspecified atom stereocenters. The van der Waals surface area contributed by atoms with Gasteiger partial charge < -0.3 is 25.0 Å². The Morgan fingerprint density at radius 2 is 2.10 bits per heavy atom. The maximum Gasteiger partial charge on any atom is 0.327 e. The molecule has 2 atom stereocenters. The molecule has 3 heterocycles. The fraction of sp³-hybridized carbons (Fsp3) is 0.550. The lowest BCUT2D eigenvalue weighted by Gasteiger charge is -2.46. The van der Waals surface area contributed by atoms with E-state index in [0.29, 0.717) is 24.5 Å². The van der Waals surface area contributed by atoms with Crippen LogP contribution in [0, 0.1) is 0 Å². The van der Waals surface area contributed by atoms with Crippen LogP contribution in [0.25, 0.3) is 0 Å². The van der Waals surface area contributed by atoms with Crippen molar-refractivity contribution in [2.24, 2.45) is 0 Å². The molecule has 0 saturated carbocycles. The predicted molar refractivity (Wildman–Crippen MR) is 103 cm³/mol. The van der Waals surface area contributed by atoms with E-state index < -0.39 is 12.1 Å². The first-order valence-electron chi connectivity index (χ1n) is 10.1. The Balaban J connectivity index is 1.55. The number of benzene rings is 1. The van der Waals surface area contributed by atoms with Gasteiger partial charge in [-0.2, -0.15) is 0 Å². The summed E-state index contributed by atoms with van der Waals surface area (Å²) in [5.74, 6) is 0.793. The molecule has 3 aliphatic heterocycles. The van der Waals surface area contributed by atoms with E-state index >= 15 is 0 Å². The Hall–Kier alpha value is -2.81. The zero-order valence-corrected chi connectivity index (χ0v) is 16.5. The average molecular weight is 402 g/mol. The molecule has 0 radical (unpaired) electrons. The second-order valence-corrected chi connectivity index (χ2v) is 7.51. The lowest BCUT2D eigenvalue weighted by atomic mass is 9.93. The molecule has 156 valence electrons. The molecule has 9 heteroatoms. The number of carbonyl (C=O) groups excluding carboxylic acids is 3. The molecule has 4 rings (SSSR count). The molecule has 0 aromatic heterocycles. The van der Waals surface area contributed by atoms with Crippen molar-refractivity contribution in [3.05, 3.63) is 23.8 Å². The number of hydrogen-bond donors (Lipinski definition) is 2. The van der Waals surface area contributed by atoms with Crippen molar-refractivity contribution < 1.29 is 23.9 Å². The monoisotopic (exact) mass is 402 g/mol. The molecule has 29 heavy (non-hydrogen) atoms. The normalized spacial score (nSPS) is 23.2. The SMILES string of the molecule is CCCNC(=O)CN1C(=O)N(Cc2ccc3c(c2)OCO3)C(=O)C2NCCCC21. The van der Waals surface area contributed by atoms with Crippen LogP contribution in [-0.2, 0) is 16.1 Å². The van der Waals surface area contributed by atoms with Crippen molar-refractivity contribution in [3.63, 3.8) is 0 Å². The van der Waals surface area contributed by atoms with Gasteiger partial charge in [-0.1, -0.05) is 13.0 Å². The predicted octanol–water partition coefficient (Wildman–Crippen LogP) is 0.826. The lowest BCUT2D eigenvalue weighted by Crippen LogP contribution is -2.70. The van der Waals surface area contributed by atoms with Crippen LogP contribution in [0.15, 0.2) is 18.2 Å². The van der Waals surface area contributed by atoms with E-state index in [9.17, 15) is 14.4 Å². The number of nitrogens with zero attached hydrogens (tertiary/aromatic N) is 2.